The number of benzene rings is 2. The molecule has 0 amide bonds. The number of anilines is 2. The monoisotopic (exact) mass is 290 g/mol. The minimum Gasteiger partial charge on any atom is -0.497 e. The van der Waals surface area contributed by atoms with Crippen LogP contribution in [-0.2, 0) is 0 Å². The van der Waals surface area contributed by atoms with Crippen molar-refractivity contribution in [1.82, 2.24) is 0 Å². The van der Waals surface area contributed by atoms with E-state index in [1.807, 2.05) is 25.1 Å². The SMILES string of the molecule is COc1ccc(NC(=S)Nc2ccc(F)cc2)c(C)c1. The molecule has 0 spiro atoms. The minimum atomic E-state index is -0.277. The van der Waals surface area contributed by atoms with Gasteiger partial charge in [-0.15, -0.1) is 0 Å². The van der Waals surface area contributed by atoms with Crippen LogP contribution in [0, 0.1) is 12.7 Å². The molecule has 2 aromatic carbocycles. The number of hydrogen-bond donors (Lipinski definition) is 2. The zero-order valence-electron chi connectivity index (χ0n) is 11.2. The Hall–Kier alpha value is -2.14. The summed E-state index contributed by atoms with van der Waals surface area (Å²) in [5.74, 6) is 0.519. The molecule has 0 saturated carbocycles. The quantitative estimate of drug-likeness (QED) is 0.839. The van der Waals surface area contributed by atoms with Gasteiger partial charge in [0.2, 0.25) is 0 Å². The van der Waals surface area contributed by atoms with Crippen LogP contribution >= 0.6 is 12.2 Å². The van der Waals surface area contributed by atoms with Gasteiger partial charge in [-0.3, -0.25) is 0 Å². The number of rotatable bonds is 3. The third kappa shape index (κ3) is 3.68. The molecule has 20 heavy (non-hydrogen) atoms. The van der Waals surface area contributed by atoms with Gasteiger partial charge in [-0.05, 0) is 67.2 Å². The van der Waals surface area contributed by atoms with E-state index in [4.69, 9.17) is 17.0 Å². The lowest BCUT2D eigenvalue weighted by molar-refractivity contribution is 0.414. The van der Waals surface area contributed by atoms with Crippen LogP contribution in [0.5, 0.6) is 5.75 Å². The predicted octanol–water partition coefficient (Wildman–Crippen LogP) is 3.95. The van der Waals surface area contributed by atoms with Crippen LogP contribution in [0.3, 0.4) is 0 Å². The molecule has 0 aliphatic heterocycles. The Morgan fingerprint density at radius 1 is 1.10 bits per heavy atom. The molecule has 2 N–H and O–H groups in total. The van der Waals surface area contributed by atoms with Crippen molar-refractivity contribution in [2.75, 3.05) is 17.7 Å². The first-order valence-electron chi connectivity index (χ1n) is 6.06. The molecular weight excluding hydrogens is 275 g/mol. The van der Waals surface area contributed by atoms with Crippen LogP contribution in [0.15, 0.2) is 42.5 Å². The molecule has 3 nitrogen and oxygen atoms in total. The standard InChI is InChI=1S/C15H15FN2OS/c1-10-9-13(19-2)7-8-14(10)18-15(20)17-12-5-3-11(16)4-6-12/h3-9H,1-2H3,(H2,17,18,20). The predicted molar refractivity (Wildman–Crippen MR) is 84.0 cm³/mol. The molecule has 5 heteroatoms. The van der Waals surface area contributed by atoms with Gasteiger partial charge in [0.05, 0.1) is 7.11 Å². The number of hydrogen-bond acceptors (Lipinski definition) is 2. The maximum atomic E-state index is 12.8. The molecule has 0 aliphatic carbocycles. The molecule has 2 rings (SSSR count). The fraction of sp³-hybridized carbons (Fsp3) is 0.133. The maximum absolute atomic E-state index is 12.8. The molecule has 0 aliphatic rings. The van der Waals surface area contributed by atoms with Gasteiger partial charge >= 0.3 is 0 Å². The Morgan fingerprint density at radius 3 is 2.40 bits per heavy atom. The third-order valence-corrected chi connectivity index (χ3v) is 2.99. The van der Waals surface area contributed by atoms with Gasteiger partial charge in [-0.1, -0.05) is 0 Å². The molecule has 0 bridgehead atoms. The largest absolute Gasteiger partial charge is 0.497 e. The van der Waals surface area contributed by atoms with Gasteiger partial charge in [-0.25, -0.2) is 4.39 Å². The summed E-state index contributed by atoms with van der Waals surface area (Å²) >= 11 is 5.22. The second-order valence-corrected chi connectivity index (χ2v) is 4.68. The molecule has 0 atom stereocenters. The maximum Gasteiger partial charge on any atom is 0.175 e. The molecule has 0 fully saturated rings. The van der Waals surface area contributed by atoms with E-state index in [0.29, 0.717) is 5.11 Å². The van der Waals surface area contributed by atoms with E-state index in [9.17, 15) is 4.39 Å². The molecule has 104 valence electrons. The molecular formula is C15H15FN2OS. The second-order valence-electron chi connectivity index (χ2n) is 4.27. The van der Waals surface area contributed by atoms with Crippen LogP contribution in [-0.4, -0.2) is 12.2 Å². The molecule has 0 aromatic heterocycles. The van der Waals surface area contributed by atoms with Crippen molar-refractivity contribution in [1.29, 1.82) is 0 Å². The highest BCUT2D eigenvalue weighted by Gasteiger charge is 2.03. The summed E-state index contributed by atoms with van der Waals surface area (Å²) in [5.41, 5.74) is 2.65. The van der Waals surface area contributed by atoms with Gasteiger partial charge in [0.25, 0.3) is 0 Å². The van der Waals surface area contributed by atoms with Gasteiger partial charge < -0.3 is 15.4 Å². The van der Waals surface area contributed by atoms with E-state index >= 15 is 0 Å². The normalized spacial score (nSPS) is 9.95. The number of methoxy groups -OCH3 is 1. The molecule has 2 aromatic rings. The van der Waals surface area contributed by atoms with Crippen molar-refractivity contribution in [2.45, 2.75) is 6.92 Å². The zero-order valence-corrected chi connectivity index (χ0v) is 12.1. The molecule has 0 unspecified atom stereocenters. The summed E-state index contributed by atoms with van der Waals surface area (Å²) in [6.45, 7) is 1.96. The van der Waals surface area contributed by atoms with E-state index < -0.39 is 0 Å². The number of aryl methyl sites for hydroxylation is 1. The average Bonchev–Trinajstić information content (AvgIpc) is 2.43. The lowest BCUT2D eigenvalue weighted by atomic mass is 10.2. The summed E-state index contributed by atoms with van der Waals surface area (Å²) in [6.07, 6.45) is 0. The summed E-state index contributed by atoms with van der Waals surface area (Å²) in [7, 11) is 1.63. The lowest BCUT2D eigenvalue weighted by Crippen LogP contribution is -2.19. The van der Waals surface area contributed by atoms with Crippen LogP contribution in [0.1, 0.15) is 5.56 Å². The lowest BCUT2D eigenvalue weighted by Gasteiger charge is -2.13. The zero-order chi connectivity index (χ0) is 14.5. The molecule has 0 radical (unpaired) electrons. The van der Waals surface area contributed by atoms with Gasteiger partial charge in [0, 0.05) is 11.4 Å². The summed E-state index contributed by atoms with van der Waals surface area (Å²) < 4.78 is 18.0. The third-order valence-electron chi connectivity index (χ3n) is 2.78. The van der Waals surface area contributed by atoms with Crippen molar-refractivity contribution in [2.24, 2.45) is 0 Å². The van der Waals surface area contributed by atoms with E-state index in [-0.39, 0.29) is 5.82 Å². The fourth-order valence-corrected chi connectivity index (χ4v) is 1.95. The van der Waals surface area contributed by atoms with Crippen LogP contribution in [0.25, 0.3) is 0 Å². The van der Waals surface area contributed by atoms with Crippen molar-refractivity contribution < 1.29 is 9.13 Å². The van der Waals surface area contributed by atoms with Crippen molar-refractivity contribution in [3.8, 4) is 5.75 Å². The van der Waals surface area contributed by atoms with Gasteiger partial charge in [0.15, 0.2) is 5.11 Å². The second kappa shape index (κ2) is 6.34. The Labute approximate surface area is 122 Å². The highest BCUT2D eigenvalue weighted by molar-refractivity contribution is 7.80. The molecule has 0 saturated heterocycles. The van der Waals surface area contributed by atoms with Crippen molar-refractivity contribution >= 4 is 28.7 Å². The van der Waals surface area contributed by atoms with Crippen LogP contribution < -0.4 is 15.4 Å². The number of nitrogens with one attached hydrogen (secondary N) is 2. The first-order valence-corrected chi connectivity index (χ1v) is 6.47. The van der Waals surface area contributed by atoms with Crippen LogP contribution in [0.4, 0.5) is 15.8 Å². The van der Waals surface area contributed by atoms with Gasteiger partial charge in [-0.2, -0.15) is 0 Å². The summed E-state index contributed by atoms with van der Waals surface area (Å²) in [5, 5.41) is 6.54. The van der Waals surface area contributed by atoms with E-state index in [1.165, 1.54) is 12.1 Å². The fourth-order valence-electron chi connectivity index (χ4n) is 1.72. The Balaban J connectivity index is 2.02. The smallest absolute Gasteiger partial charge is 0.175 e. The Bertz CT molecular complexity index is 614. The number of halogens is 1. The van der Waals surface area contributed by atoms with E-state index in [0.717, 1.165) is 22.7 Å². The summed E-state index contributed by atoms with van der Waals surface area (Å²) in [4.78, 5) is 0. The van der Waals surface area contributed by atoms with Crippen molar-refractivity contribution in [3.05, 3.63) is 53.8 Å². The average molecular weight is 290 g/mol. The summed E-state index contributed by atoms with van der Waals surface area (Å²) in [6, 6.07) is 11.7. The highest BCUT2D eigenvalue weighted by atomic mass is 32.1. The topological polar surface area (TPSA) is 33.3 Å². The van der Waals surface area contributed by atoms with Crippen LogP contribution in [0.2, 0.25) is 0 Å². The van der Waals surface area contributed by atoms with E-state index in [1.54, 1.807) is 19.2 Å². The number of thiocarbonyl (C=S) groups is 1. The minimum absolute atomic E-state index is 0.277. The van der Waals surface area contributed by atoms with Gasteiger partial charge in [0.1, 0.15) is 11.6 Å². The first-order chi connectivity index (χ1) is 9.58. The Morgan fingerprint density at radius 2 is 1.80 bits per heavy atom. The van der Waals surface area contributed by atoms with Crippen molar-refractivity contribution in [3.63, 3.8) is 0 Å². The molecule has 0 heterocycles. The first kappa shape index (κ1) is 14.3. The number of ether oxygens (including phenoxy) is 1. The Kier molecular flexibility index (Phi) is 4.53. The van der Waals surface area contributed by atoms with E-state index in [2.05, 4.69) is 10.6 Å². The highest BCUT2D eigenvalue weighted by Crippen LogP contribution is 2.21.